The fourth-order valence-electron chi connectivity index (χ4n) is 2.87. The van der Waals surface area contributed by atoms with E-state index < -0.39 is 0 Å². The normalized spacial score (nSPS) is 15.6. The Labute approximate surface area is 135 Å². The predicted octanol–water partition coefficient (Wildman–Crippen LogP) is 7.70. The van der Waals surface area contributed by atoms with Gasteiger partial charge in [0.05, 0.1) is 0 Å². The Balaban J connectivity index is 4.34. The quantitative estimate of drug-likeness (QED) is 0.241. The number of unbranched alkanes of at least 4 members (excludes halogenated alkanes) is 5. The molecule has 0 nitrogen and oxygen atoms in total. The minimum Gasteiger partial charge on any atom is -0.0816 e. The third-order valence-corrected chi connectivity index (χ3v) is 4.52. The first-order valence-corrected chi connectivity index (χ1v) is 9.50. The smallest absolute Gasteiger partial charge is 0.0230 e. The third-order valence-electron chi connectivity index (χ3n) is 4.52. The van der Waals surface area contributed by atoms with Gasteiger partial charge in [-0.1, -0.05) is 96.4 Å². The zero-order valence-corrected chi connectivity index (χ0v) is 15.5. The van der Waals surface area contributed by atoms with E-state index >= 15 is 0 Å². The monoisotopic (exact) mass is 292 g/mol. The van der Waals surface area contributed by atoms with Gasteiger partial charge in [-0.15, -0.1) is 0 Å². The van der Waals surface area contributed by atoms with Crippen molar-refractivity contribution in [3.8, 4) is 0 Å². The molecule has 0 aromatic carbocycles. The van der Waals surface area contributed by atoms with Gasteiger partial charge in [0.25, 0.3) is 0 Å². The maximum absolute atomic E-state index is 2.46. The van der Waals surface area contributed by atoms with Gasteiger partial charge in [0.15, 0.2) is 0 Å². The van der Waals surface area contributed by atoms with Gasteiger partial charge >= 0.3 is 0 Å². The van der Waals surface area contributed by atoms with Crippen LogP contribution in [0.15, 0.2) is 23.8 Å². The highest BCUT2D eigenvalue weighted by Gasteiger charge is 2.14. The van der Waals surface area contributed by atoms with Crippen LogP contribution in [0.4, 0.5) is 0 Å². The Morgan fingerprint density at radius 2 is 1.52 bits per heavy atom. The second-order valence-electron chi connectivity index (χ2n) is 6.71. The van der Waals surface area contributed by atoms with Crippen LogP contribution in [0.1, 0.15) is 98.8 Å². The van der Waals surface area contributed by atoms with Crippen LogP contribution in [0.5, 0.6) is 0 Å². The molecule has 0 heteroatoms. The fraction of sp³-hybridized carbons (Fsp3) is 0.810. The molecule has 0 saturated carbocycles. The van der Waals surface area contributed by atoms with Crippen LogP contribution in [0.3, 0.4) is 0 Å². The molecule has 21 heavy (non-hydrogen) atoms. The average Bonchev–Trinajstić information content (AvgIpc) is 2.49. The van der Waals surface area contributed by atoms with Crippen molar-refractivity contribution in [3.05, 3.63) is 23.8 Å². The van der Waals surface area contributed by atoms with E-state index in [-0.39, 0.29) is 0 Å². The molecule has 0 spiro atoms. The van der Waals surface area contributed by atoms with Crippen LogP contribution in [0.25, 0.3) is 0 Å². The zero-order chi connectivity index (χ0) is 15.9. The summed E-state index contributed by atoms with van der Waals surface area (Å²) in [5.74, 6) is 1.61. The standard InChI is InChI=1S/C21H40/c1-6-9-12-13-16-21(15-11-8-3)20(5)18-17-19(4)14-10-7-2/h14,17-18,20-21H,6-13,15-16H2,1-5H3/b18-17+,19-14+. The number of rotatable bonds is 13. The molecule has 0 aliphatic rings. The SMILES string of the molecule is CCC/C=C(C)/C=C/C(C)C(CCCC)CCCCCC. The minimum absolute atomic E-state index is 0.725. The maximum Gasteiger partial charge on any atom is -0.0230 e. The van der Waals surface area contributed by atoms with Crippen molar-refractivity contribution in [2.75, 3.05) is 0 Å². The molecule has 0 fully saturated rings. The Morgan fingerprint density at radius 3 is 2.14 bits per heavy atom. The predicted molar refractivity (Wildman–Crippen MR) is 98.7 cm³/mol. The van der Waals surface area contributed by atoms with Gasteiger partial charge in [0.2, 0.25) is 0 Å². The van der Waals surface area contributed by atoms with Crippen LogP contribution in [0.2, 0.25) is 0 Å². The molecule has 124 valence electrons. The van der Waals surface area contributed by atoms with Crippen LogP contribution < -0.4 is 0 Å². The third kappa shape index (κ3) is 11.8. The van der Waals surface area contributed by atoms with E-state index in [0.29, 0.717) is 0 Å². The Hall–Kier alpha value is -0.520. The minimum atomic E-state index is 0.725. The van der Waals surface area contributed by atoms with E-state index in [1.165, 1.54) is 69.8 Å². The van der Waals surface area contributed by atoms with Gasteiger partial charge in [-0.25, -0.2) is 0 Å². The lowest BCUT2D eigenvalue weighted by molar-refractivity contribution is 0.341. The highest BCUT2D eigenvalue weighted by molar-refractivity contribution is 5.16. The molecule has 0 heterocycles. The van der Waals surface area contributed by atoms with Crippen LogP contribution in [-0.4, -0.2) is 0 Å². The summed E-state index contributed by atoms with van der Waals surface area (Å²) < 4.78 is 0. The summed E-state index contributed by atoms with van der Waals surface area (Å²) in [5, 5.41) is 0. The highest BCUT2D eigenvalue weighted by Crippen LogP contribution is 2.26. The van der Waals surface area contributed by atoms with Gasteiger partial charge < -0.3 is 0 Å². The van der Waals surface area contributed by atoms with Crippen molar-refractivity contribution >= 4 is 0 Å². The van der Waals surface area contributed by atoms with Gasteiger partial charge in [0, 0.05) is 0 Å². The lowest BCUT2D eigenvalue weighted by Crippen LogP contribution is -2.10. The molecule has 0 bridgehead atoms. The second kappa shape index (κ2) is 14.4. The largest absolute Gasteiger partial charge is 0.0816 e. The topological polar surface area (TPSA) is 0 Å². The van der Waals surface area contributed by atoms with Crippen molar-refractivity contribution in [1.82, 2.24) is 0 Å². The fourth-order valence-corrected chi connectivity index (χ4v) is 2.87. The highest BCUT2D eigenvalue weighted by atomic mass is 14.2. The molecular formula is C21H40. The Kier molecular flexibility index (Phi) is 14.1. The lowest BCUT2D eigenvalue weighted by Gasteiger charge is -2.21. The first-order chi connectivity index (χ1) is 10.2. The number of hydrogen-bond donors (Lipinski definition) is 0. The molecule has 2 atom stereocenters. The molecule has 0 aliphatic carbocycles. The lowest BCUT2D eigenvalue weighted by atomic mass is 9.84. The molecular weight excluding hydrogens is 252 g/mol. The van der Waals surface area contributed by atoms with E-state index in [0.717, 1.165) is 11.8 Å². The van der Waals surface area contributed by atoms with Gasteiger partial charge in [-0.3, -0.25) is 0 Å². The first-order valence-electron chi connectivity index (χ1n) is 9.50. The number of allylic oxidation sites excluding steroid dienone is 4. The van der Waals surface area contributed by atoms with Crippen LogP contribution in [-0.2, 0) is 0 Å². The van der Waals surface area contributed by atoms with Crippen molar-refractivity contribution in [1.29, 1.82) is 0 Å². The van der Waals surface area contributed by atoms with Crippen LogP contribution in [0, 0.1) is 11.8 Å². The molecule has 0 aromatic heterocycles. The molecule has 0 aromatic rings. The summed E-state index contributed by atoms with van der Waals surface area (Å²) in [4.78, 5) is 0. The Bertz CT molecular complexity index is 272. The molecule has 0 N–H and O–H groups in total. The zero-order valence-electron chi connectivity index (χ0n) is 15.5. The van der Waals surface area contributed by atoms with Crippen molar-refractivity contribution in [2.45, 2.75) is 98.8 Å². The first kappa shape index (κ1) is 20.5. The van der Waals surface area contributed by atoms with Gasteiger partial charge in [0.1, 0.15) is 0 Å². The Morgan fingerprint density at radius 1 is 0.857 bits per heavy atom. The average molecular weight is 293 g/mol. The van der Waals surface area contributed by atoms with Crippen molar-refractivity contribution < 1.29 is 0 Å². The molecule has 0 amide bonds. The number of hydrogen-bond acceptors (Lipinski definition) is 0. The molecule has 0 radical (unpaired) electrons. The summed E-state index contributed by atoms with van der Waals surface area (Å²) in [6.45, 7) is 11.5. The van der Waals surface area contributed by atoms with E-state index in [9.17, 15) is 0 Å². The molecule has 0 rings (SSSR count). The van der Waals surface area contributed by atoms with Gasteiger partial charge in [-0.05, 0) is 38.0 Å². The van der Waals surface area contributed by atoms with E-state index in [4.69, 9.17) is 0 Å². The van der Waals surface area contributed by atoms with Crippen LogP contribution >= 0.6 is 0 Å². The summed E-state index contributed by atoms with van der Waals surface area (Å²) in [5.41, 5.74) is 1.43. The van der Waals surface area contributed by atoms with Crippen molar-refractivity contribution in [3.63, 3.8) is 0 Å². The van der Waals surface area contributed by atoms with E-state index in [1.807, 2.05) is 0 Å². The van der Waals surface area contributed by atoms with E-state index in [1.54, 1.807) is 0 Å². The molecule has 0 aliphatic heterocycles. The summed E-state index contributed by atoms with van der Waals surface area (Å²) in [7, 11) is 0. The van der Waals surface area contributed by atoms with Gasteiger partial charge in [-0.2, -0.15) is 0 Å². The molecule has 0 saturated heterocycles. The second-order valence-corrected chi connectivity index (χ2v) is 6.71. The molecule has 2 unspecified atom stereocenters. The summed E-state index contributed by atoms with van der Waals surface area (Å²) >= 11 is 0. The maximum atomic E-state index is 2.46. The van der Waals surface area contributed by atoms with Crippen molar-refractivity contribution in [2.24, 2.45) is 11.8 Å². The van der Waals surface area contributed by atoms with E-state index in [2.05, 4.69) is 52.8 Å². The summed E-state index contributed by atoms with van der Waals surface area (Å²) in [6.07, 6.45) is 20.8. The summed E-state index contributed by atoms with van der Waals surface area (Å²) in [6, 6.07) is 0.